The average Bonchev–Trinajstić information content (AvgIpc) is 2.89. The Labute approximate surface area is 121 Å². The van der Waals surface area contributed by atoms with Crippen molar-refractivity contribution < 1.29 is 5.11 Å². The number of aliphatic hydroxyl groups excluding tert-OH is 1. The van der Waals surface area contributed by atoms with Gasteiger partial charge < -0.3 is 5.11 Å². The summed E-state index contributed by atoms with van der Waals surface area (Å²) in [5, 5.41) is 14.9. The van der Waals surface area contributed by atoms with Crippen LogP contribution in [0.4, 0.5) is 0 Å². The number of rotatable bonds is 6. The van der Waals surface area contributed by atoms with Gasteiger partial charge in [0.25, 0.3) is 0 Å². The van der Waals surface area contributed by atoms with Crippen molar-refractivity contribution in [2.24, 2.45) is 0 Å². The van der Waals surface area contributed by atoms with E-state index in [9.17, 15) is 5.11 Å². The highest BCUT2D eigenvalue weighted by Crippen LogP contribution is 2.22. The summed E-state index contributed by atoms with van der Waals surface area (Å²) < 4.78 is 0. The van der Waals surface area contributed by atoms with Crippen molar-refractivity contribution in [1.82, 2.24) is 0 Å². The van der Waals surface area contributed by atoms with E-state index in [-0.39, 0.29) is 6.10 Å². The van der Waals surface area contributed by atoms with Crippen LogP contribution in [0, 0.1) is 0 Å². The number of aliphatic hydroxyl groups is 1. The first-order chi connectivity index (χ1) is 8.74. The van der Waals surface area contributed by atoms with Crippen molar-refractivity contribution in [1.29, 1.82) is 0 Å². The van der Waals surface area contributed by atoms with Crippen LogP contribution in [0.3, 0.4) is 0 Å². The van der Waals surface area contributed by atoms with E-state index in [1.165, 1.54) is 5.56 Å². The fraction of sp³-hybridized carbons (Fsp3) is 0.286. The van der Waals surface area contributed by atoms with E-state index in [2.05, 4.69) is 16.8 Å². The lowest BCUT2D eigenvalue weighted by Crippen LogP contribution is -2.10. The summed E-state index contributed by atoms with van der Waals surface area (Å²) in [5.41, 5.74) is 1.32. The molecule has 2 rings (SSSR count). The monoisotopic (exact) mass is 298 g/mol. The summed E-state index contributed by atoms with van der Waals surface area (Å²) >= 11 is 9.20. The van der Waals surface area contributed by atoms with Gasteiger partial charge in [-0.15, -0.1) is 11.8 Å². The second kappa shape index (κ2) is 7.19. The summed E-state index contributed by atoms with van der Waals surface area (Å²) in [4.78, 5) is 1.15. The maximum absolute atomic E-state index is 9.92. The van der Waals surface area contributed by atoms with Gasteiger partial charge >= 0.3 is 0 Å². The lowest BCUT2D eigenvalue weighted by Gasteiger charge is -2.09. The van der Waals surface area contributed by atoms with E-state index in [0.717, 1.165) is 28.5 Å². The predicted octanol–water partition coefficient (Wildman–Crippen LogP) is 4.49. The molecule has 0 aliphatic rings. The van der Waals surface area contributed by atoms with Gasteiger partial charge in [0.2, 0.25) is 0 Å². The van der Waals surface area contributed by atoms with Crippen LogP contribution < -0.4 is 0 Å². The molecule has 0 bridgehead atoms. The Kier molecular flexibility index (Phi) is 5.57. The zero-order valence-corrected chi connectivity index (χ0v) is 12.3. The Hall–Kier alpha value is -0.480. The fourth-order valence-electron chi connectivity index (χ4n) is 1.57. The lowest BCUT2D eigenvalue weighted by molar-refractivity contribution is 0.189. The molecular formula is C14H15ClOS2. The number of halogens is 1. The molecule has 0 aliphatic heterocycles. The van der Waals surface area contributed by atoms with Crippen LogP contribution in [0.25, 0.3) is 0 Å². The average molecular weight is 299 g/mol. The first-order valence-corrected chi connectivity index (χ1v) is 8.12. The van der Waals surface area contributed by atoms with Crippen LogP contribution >= 0.6 is 34.7 Å². The van der Waals surface area contributed by atoms with Gasteiger partial charge in [-0.25, -0.2) is 0 Å². The summed E-state index contributed by atoms with van der Waals surface area (Å²) in [7, 11) is 0. The smallest absolute Gasteiger partial charge is 0.0637 e. The molecule has 1 aromatic carbocycles. The predicted molar refractivity (Wildman–Crippen MR) is 80.8 cm³/mol. The Morgan fingerprint density at radius 1 is 1.22 bits per heavy atom. The molecule has 1 aromatic heterocycles. The molecule has 0 amide bonds. The first-order valence-electron chi connectivity index (χ1n) is 5.81. The van der Waals surface area contributed by atoms with Crippen LogP contribution in [0.5, 0.6) is 0 Å². The third kappa shape index (κ3) is 4.65. The molecule has 0 aliphatic carbocycles. The zero-order chi connectivity index (χ0) is 12.8. The molecule has 1 nitrogen and oxygen atoms in total. The van der Waals surface area contributed by atoms with Gasteiger partial charge in [0.15, 0.2) is 0 Å². The summed E-state index contributed by atoms with van der Waals surface area (Å²) in [6.45, 7) is 0. The van der Waals surface area contributed by atoms with Gasteiger partial charge in [0.05, 0.1) is 6.10 Å². The maximum Gasteiger partial charge on any atom is 0.0637 e. The van der Waals surface area contributed by atoms with E-state index in [4.69, 9.17) is 11.6 Å². The number of aryl methyl sites for hydroxylation is 1. The highest BCUT2D eigenvalue weighted by atomic mass is 35.5. The maximum atomic E-state index is 9.92. The van der Waals surface area contributed by atoms with Crippen molar-refractivity contribution in [3.63, 3.8) is 0 Å². The summed E-state index contributed by atoms with van der Waals surface area (Å²) in [5.74, 6) is 0.728. The Bertz CT molecular complexity index is 453. The zero-order valence-electron chi connectivity index (χ0n) is 9.88. The second-order valence-electron chi connectivity index (χ2n) is 4.09. The molecule has 1 heterocycles. The quantitative estimate of drug-likeness (QED) is 0.793. The molecule has 1 atom stereocenters. The third-order valence-electron chi connectivity index (χ3n) is 2.60. The van der Waals surface area contributed by atoms with Crippen LogP contribution in [0.15, 0.2) is 46.0 Å². The number of thioether (sulfide) groups is 1. The van der Waals surface area contributed by atoms with E-state index in [1.807, 2.05) is 24.3 Å². The first kappa shape index (κ1) is 13.9. The molecule has 1 unspecified atom stereocenters. The molecule has 18 heavy (non-hydrogen) atoms. The minimum Gasteiger partial charge on any atom is -0.392 e. The molecule has 0 saturated heterocycles. The van der Waals surface area contributed by atoms with Crippen LogP contribution in [-0.2, 0) is 6.42 Å². The fourth-order valence-corrected chi connectivity index (χ4v) is 3.28. The number of hydrogen-bond donors (Lipinski definition) is 1. The van der Waals surface area contributed by atoms with E-state index >= 15 is 0 Å². The van der Waals surface area contributed by atoms with Crippen molar-refractivity contribution in [2.75, 3.05) is 5.75 Å². The Morgan fingerprint density at radius 3 is 2.67 bits per heavy atom. The SMILES string of the molecule is OC(CCc1ccsc1)CSc1ccc(Cl)cc1. The highest BCUT2D eigenvalue weighted by Gasteiger charge is 2.06. The number of thiophene rings is 1. The van der Waals surface area contributed by atoms with Gasteiger partial charge in [0, 0.05) is 15.7 Å². The Balaban J connectivity index is 1.71. The van der Waals surface area contributed by atoms with Gasteiger partial charge in [-0.1, -0.05) is 11.6 Å². The van der Waals surface area contributed by atoms with E-state index in [1.54, 1.807) is 23.1 Å². The van der Waals surface area contributed by atoms with Gasteiger partial charge in [-0.05, 0) is 59.5 Å². The van der Waals surface area contributed by atoms with Gasteiger partial charge in [0.1, 0.15) is 0 Å². The molecule has 0 saturated carbocycles. The van der Waals surface area contributed by atoms with E-state index in [0.29, 0.717) is 0 Å². The minimum atomic E-state index is -0.259. The molecule has 1 N–H and O–H groups in total. The van der Waals surface area contributed by atoms with Crippen LogP contribution in [0.1, 0.15) is 12.0 Å². The molecule has 2 aromatic rings. The summed E-state index contributed by atoms with van der Waals surface area (Å²) in [6.07, 6.45) is 1.51. The second-order valence-corrected chi connectivity index (χ2v) is 6.40. The Morgan fingerprint density at radius 2 is 2.00 bits per heavy atom. The molecule has 0 radical (unpaired) electrons. The van der Waals surface area contributed by atoms with Crippen molar-refractivity contribution >= 4 is 34.7 Å². The molecule has 0 spiro atoms. The van der Waals surface area contributed by atoms with Gasteiger partial charge in [-0.2, -0.15) is 11.3 Å². The molecule has 96 valence electrons. The highest BCUT2D eigenvalue weighted by molar-refractivity contribution is 7.99. The van der Waals surface area contributed by atoms with Crippen molar-refractivity contribution in [2.45, 2.75) is 23.8 Å². The summed E-state index contributed by atoms with van der Waals surface area (Å²) in [6, 6.07) is 9.84. The normalized spacial score (nSPS) is 12.6. The molecule has 0 fully saturated rings. The number of hydrogen-bond acceptors (Lipinski definition) is 3. The van der Waals surface area contributed by atoms with E-state index < -0.39 is 0 Å². The van der Waals surface area contributed by atoms with Gasteiger partial charge in [-0.3, -0.25) is 0 Å². The van der Waals surface area contributed by atoms with Crippen LogP contribution in [0.2, 0.25) is 5.02 Å². The lowest BCUT2D eigenvalue weighted by atomic mass is 10.1. The minimum absolute atomic E-state index is 0.259. The third-order valence-corrected chi connectivity index (χ3v) is 4.74. The largest absolute Gasteiger partial charge is 0.392 e. The molecular weight excluding hydrogens is 284 g/mol. The standard InChI is InChI=1S/C14H15ClOS2/c15-12-2-5-14(6-3-12)18-10-13(16)4-1-11-7-8-17-9-11/h2-3,5-9,13,16H,1,4,10H2. The molecule has 4 heteroatoms. The van der Waals surface area contributed by atoms with Crippen LogP contribution in [-0.4, -0.2) is 17.0 Å². The number of benzene rings is 1. The van der Waals surface area contributed by atoms with Crippen molar-refractivity contribution in [3.05, 3.63) is 51.7 Å². The van der Waals surface area contributed by atoms with Crippen molar-refractivity contribution in [3.8, 4) is 0 Å². The topological polar surface area (TPSA) is 20.2 Å².